The topological polar surface area (TPSA) is 68.2 Å². The molecule has 0 atom stereocenters. The fourth-order valence-electron chi connectivity index (χ4n) is 3.87. The second-order valence-electron chi connectivity index (χ2n) is 7.50. The third kappa shape index (κ3) is 4.78. The van der Waals surface area contributed by atoms with E-state index < -0.39 is 10.0 Å². The fraction of sp³-hybridized carbons (Fsp3) is 0.650. The summed E-state index contributed by atoms with van der Waals surface area (Å²) in [4.78, 5) is 9.43. The van der Waals surface area contributed by atoms with E-state index in [1.165, 1.54) is 16.8 Å². The molecule has 8 heteroatoms. The van der Waals surface area contributed by atoms with Crippen molar-refractivity contribution in [1.29, 1.82) is 0 Å². The highest BCUT2D eigenvalue weighted by Gasteiger charge is 2.27. The summed E-state index contributed by atoms with van der Waals surface area (Å²) in [5, 5.41) is 3.36. The van der Waals surface area contributed by atoms with Gasteiger partial charge in [-0.2, -0.15) is 0 Å². The predicted octanol–water partition coefficient (Wildman–Crippen LogP) is 1.43. The van der Waals surface area contributed by atoms with E-state index in [2.05, 4.69) is 54.1 Å². The van der Waals surface area contributed by atoms with Gasteiger partial charge < -0.3 is 15.1 Å². The molecule has 2 fully saturated rings. The van der Waals surface area contributed by atoms with Gasteiger partial charge >= 0.3 is 0 Å². The molecular formula is C20H33N5O2S. The lowest BCUT2D eigenvalue weighted by molar-refractivity contribution is 0.371. The van der Waals surface area contributed by atoms with Crippen molar-refractivity contribution in [1.82, 2.24) is 14.5 Å². The highest BCUT2D eigenvalue weighted by atomic mass is 32.2. The van der Waals surface area contributed by atoms with Crippen LogP contribution < -0.4 is 10.2 Å². The summed E-state index contributed by atoms with van der Waals surface area (Å²) in [6.45, 7) is 12.5. The van der Waals surface area contributed by atoms with Gasteiger partial charge in [-0.05, 0) is 44.4 Å². The van der Waals surface area contributed by atoms with Gasteiger partial charge in [-0.1, -0.05) is 12.1 Å². The van der Waals surface area contributed by atoms with Crippen LogP contribution in [0.15, 0.2) is 23.2 Å². The SMILES string of the molecule is CCNC(=NCCN1CCCS1(=O)=O)N1CCN(c2cccc(C)c2C)CC1. The molecule has 156 valence electrons. The van der Waals surface area contributed by atoms with Crippen LogP contribution in [0.4, 0.5) is 5.69 Å². The minimum atomic E-state index is -3.04. The smallest absolute Gasteiger partial charge is 0.214 e. The maximum atomic E-state index is 11.9. The van der Waals surface area contributed by atoms with Gasteiger partial charge in [0.25, 0.3) is 0 Å². The van der Waals surface area contributed by atoms with E-state index in [4.69, 9.17) is 4.99 Å². The minimum Gasteiger partial charge on any atom is -0.368 e. The predicted molar refractivity (Wildman–Crippen MR) is 116 cm³/mol. The zero-order valence-electron chi connectivity index (χ0n) is 17.3. The Bertz CT molecular complexity index is 801. The van der Waals surface area contributed by atoms with Crippen molar-refractivity contribution >= 4 is 21.7 Å². The van der Waals surface area contributed by atoms with Crippen molar-refractivity contribution in [3.63, 3.8) is 0 Å². The highest BCUT2D eigenvalue weighted by Crippen LogP contribution is 2.23. The molecule has 0 bridgehead atoms. The van der Waals surface area contributed by atoms with E-state index in [1.807, 2.05) is 0 Å². The number of rotatable bonds is 5. The average molecular weight is 408 g/mol. The van der Waals surface area contributed by atoms with E-state index in [0.29, 0.717) is 19.6 Å². The molecule has 0 amide bonds. The molecule has 2 saturated heterocycles. The first-order valence-corrected chi connectivity index (χ1v) is 11.9. The van der Waals surface area contributed by atoms with Crippen LogP contribution in [-0.4, -0.2) is 81.7 Å². The zero-order valence-corrected chi connectivity index (χ0v) is 18.1. The first-order valence-electron chi connectivity index (χ1n) is 10.2. The molecule has 1 N–H and O–H groups in total. The molecule has 2 aliphatic heterocycles. The standard InChI is InChI=1S/C20H33N5O2S/c1-4-21-20(22-9-11-25-10-6-16-28(25,26)27)24-14-12-23(13-15-24)19-8-5-7-17(2)18(19)3/h5,7-8H,4,6,9-16H2,1-3H3,(H,21,22). The number of sulfonamides is 1. The Morgan fingerprint density at radius 2 is 1.89 bits per heavy atom. The summed E-state index contributed by atoms with van der Waals surface area (Å²) in [5.41, 5.74) is 4.00. The summed E-state index contributed by atoms with van der Waals surface area (Å²) in [5.74, 6) is 1.16. The van der Waals surface area contributed by atoms with Crippen molar-refractivity contribution in [3.05, 3.63) is 29.3 Å². The van der Waals surface area contributed by atoms with E-state index in [9.17, 15) is 8.42 Å². The number of hydrogen-bond donors (Lipinski definition) is 1. The van der Waals surface area contributed by atoms with Crippen LogP contribution in [0.5, 0.6) is 0 Å². The number of benzene rings is 1. The number of nitrogens with zero attached hydrogens (tertiary/aromatic N) is 4. The maximum absolute atomic E-state index is 11.9. The van der Waals surface area contributed by atoms with Gasteiger partial charge in [0, 0.05) is 51.5 Å². The molecule has 2 heterocycles. The quantitative estimate of drug-likeness (QED) is 0.591. The first kappa shape index (κ1) is 20.9. The van der Waals surface area contributed by atoms with Crippen LogP contribution >= 0.6 is 0 Å². The van der Waals surface area contributed by atoms with Gasteiger partial charge in [-0.3, -0.25) is 4.99 Å². The van der Waals surface area contributed by atoms with Crippen LogP contribution in [0.2, 0.25) is 0 Å². The zero-order chi connectivity index (χ0) is 20.1. The van der Waals surface area contributed by atoms with Gasteiger partial charge in [-0.25, -0.2) is 12.7 Å². The summed E-state index contributed by atoms with van der Waals surface area (Å²) < 4.78 is 25.4. The molecule has 7 nitrogen and oxygen atoms in total. The van der Waals surface area contributed by atoms with Crippen LogP contribution in [0.1, 0.15) is 24.5 Å². The number of anilines is 1. The van der Waals surface area contributed by atoms with Gasteiger partial charge in [0.2, 0.25) is 10.0 Å². The Balaban J connectivity index is 1.59. The molecule has 1 aromatic carbocycles. The fourth-order valence-corrected chi connectivity index (χ4v) is 5.39. The van der Waals surface area contributed by atoms with Gasteiger partial charge in [0.15, 0.2) is 5.96 Å². The average Bonchev–Trinajstić information content (AvgIpc) is 3.02. The van der Waals surface area contributed by atoms with Gasteiger partial charge in [0.05, 0.1) is 12.3 Å². The number of piperazine rings is 1. The molecule has 0 radical (unpaired) electrons. The normalized spacial score (nSPS) is 20.6. The van der Waals surface area contributed by atoms with Gasteiger partial charge in [0.1, 0.15) is 0 Å². The third-order valence-electron chi connectivity index (χ3n) is 5.64. The van der Waals surface area contributed by atoms with E-state index >= 15 is 0 Å². The monoisotopic (exact) mass is 407 g/mol. The number of nitrogens with one attached hydrogen (secondary N) is 1. The van der Waals surface area contributed by atoms with Crippen molar-refractivity contribution < 1.29 is 8.42 Å². The number of guanidine groups is 1. The molecule has 2 aliphatic rings. The Labute approximate surface area is 169 Å². The Hall–Kier alpha value is -1.80. The molecule has 0 saturated carbocycles. The molecule has 3 rings (SSSR count). The van der Waals surface area contributed by atoms with Crippen molar-refractivity contribution in [2.45, 2.75) is 27.2 Å². The summed E-state index contributed by atoms with van der Waals surface area (Å²) in [6.07, 6.45) is 0.729. The lowest BCUT2D eigenvalue weighted by atomic mass is 10.1. The van der Waals surface area contributed by atoms with Crippen LogP contribution in [0, 0.1) is 13.8 Å². The van der Waals surface area contributed by atoms with Crippen LogP contribution in [-0.2, 0) is 10.0 Å². The maximum Gasteiger partial charge on any atom is 0.214 e. The molecule has 0 aromatic heterocycles. The Kier molecular flexibility index (Phi) is 6.82. The van der Waals surface area contributed by atoms with E-state index in [-0.39, 0.29) is 5.75 Å². The summed E-state index contributed by atoms with van der Waals surface area (Å²) in [7, 11) is -3.04. The van der Waals surface area contributed by atoms with Crippen molar-refractivity contribution in [3.8, 4) is 0 Å². The van der Waals surface area contributed by atoms with Crippen LogP contribution in [0.3, 0.4) is 0 Å². The summed E-state index contributed by atoms with van der Waals surface area (Å²) >= 11 is 0. The number of aliphatic imine (C=N–C) groups is 1. The first-order chi connectivity index (χ1) is 13.4. The molecular weight excluding hydrogens is 374 g/mol. The third-order valence-corrected chi connectivity index (χ3v) is 7.60. The second kappa shape index (κ2) is 9.13. The van der Waals surface area contributed by atoms with E-state index in [1.54, 1.807) is 4.31 Å². The number of hydrogen-bond acceptors (Lipinski definition) is 4. The highest BCUT2D eigenvalue weighted by molar-refractivity contribution is 7.89. The molecule has 0 spiro atoms. The van der Waals surface area contributed by atoms with Crippen molar-refractivity contribution in [2.24, 2.45) is 4.99 Å². The van der Waals surface area contributed by atoms with Gasteiger partial charge in [-0.15, -0.1) is 0 Å². The lowest BCUT2D eigenvalue weighted by Gasteiger charge is -2.38. The lowest BCUT2D eigenvalue weighted by Crippen LogP contribution is -2.52. The molecule has 0 unspecified atom stereocenters. The Morgan fingerprint density at radius 1 is 1.14 bits per heavy atom. The second-order valence-corrected chi connectivity index (χ2v) is 9.59. The Morgan fingerprint density at radius 3 is 2.54 bits per heavy atom. The van der Waals surface area contributed by atoms with E-state index in [0.717, 1.165) is 45.1 Å². The number of aryl methyl sites for hydroxylation is 1. The van der Waals surface area contributed by atoms with Crippen molar-refractivity contribution in [2.75, 3.05) is 63.0 Å². The minimum absolute atomic E-state index is 0.275. The molecule has 1 aromatic rings. The molecule has 28 heavy (non-hydrogen) atoms. The van der Waals surface area contributed by atoms with Crippen LogP contribution in [0.25, 0.3) is 0 Å². The largest absolute Gasteiger partial charge is 0.368 e. The summed E-state index contributed by atoms with van der Waals surface area (Å²) in [6, 6.07) is 6.49. The molecule has 0 aliphatic carbocycles.